The van der Waals surface area contributed by atoms with Crippen LogP contribution in [0.1, 0.15) is 27.7 Å². The minimum absolute atomic E-state index is 0.0564. The minimum Gasteiger partial charge on any atom is -0.397 e. The van der Waals surface area contributed by atoms with E-state index >= 15 is 0 Å². The predicted molar refractivity (Wildman–Crippen MR) is 71.5 cm³/mol. The molecule has 0 radical (unpaired) electrons. The van der Waals surface area contributed by atoms with Gasteiger partial charge in [0.05, 0.1) is 27.4 Å². The topological polar surface area (TPSA) is 101 Å². The number of benzene rings is 1. The van der Waals surface area contributed by atoms with Crippen LogP contribution in [-0.4, -0.2) is 21.2 Å². The number of nitrogens with zero attached hydrogens (tertiary/aromatic N) is 1. The monoisotopic (exact) mass is 253 g/mol. The number of rotatable bonds is 4. The van der Waals surface area contributed by atoms with Crippen LogP contribution < -0.4 is 11.1 Å². The molecule has 1 aromatic carbocycles. The van der Waals surface area contributed by atoms with E-state index in [9.17, 15) is 15.2 Å². The molecule has 0 bridgehead atoms. The van der Waals surface area contributed by atoms with Crippen LogP contribution in [0.5, 0.6) is 0 Å². The second-order valence-electron chi connectivity index (χ2n) is 5.34. The Bertz CT molecular complexity index is 464. The molecule has 6 heteroatoms. The summed E-state index contributed by atoms with van der Waals surface area (Å²) in [5.74, 6) is 0. The molecule has 1 rings (SSSR count). The highest BCUT2D eigenvalue weighted by Gasteiger charge is 2.35. The summed E-state index contributed by atoms with van der Waals surface area (Å²) in [6, 6.07) is 4.21. The van der Waals surface area contributed by atoms with E-state index in [1.807, 2.05) is 13.8 Å². The summed E-state index contributed by atoms with van der Waals surface area (Å²) in [5.41, 5.74) is 4.95. The van der Waals surface area contributed by atoms with Crippen molar-refractivity contribution in [1.82, 2.24) is 0 Å². The van der Waals surface area contributed by atoms with Gasteiger partial charge in [-0.1, -0.05) is 0 Å². The zero-order chi connectivity index (χ0) is 14.1. The van der Waals surface area contributed by atoms with Crippen LogP contribution >= 0.6 is 0 Å². The molecule has 0 fully saturated rings. The molecule has 0 aromatic heterocycles. The molecule has 0 aliphatic carbocycles. The maximum atomic E-state index is 10.6. The van der Waals surface area contributed by atoms with Crippen LogP contribution in [0.25, 0.3) is 0 Å². The number of hydrogen-bond acceptors (Lipinski definition) is 5. The first-order chi connectivity index (χ1) is 8.04. The largest absolute Gasteiger partial charge is 0.397 e. The first kappa shape index (κ1) is 14.2. The summed E-state index contributed by atoms with van der Waals surface area (Å²) in [5, 5.41) is 23.7. The van der Waals surface area contributed by atoms with Crippen molar-refractivity contribution in [3.05, 3.63) is 28.3 Å². The summed E-state index contributed by atoms with van der Waals surface area (Å²) in [6.45, 7) is 7.02. The van der Waals surface area contributed by atoms with Gasteiger partial charge in [-0.2, -0.15) is 0 Å². The summed E-state index contributed by atoms with van der Waals surface area (Å²) in [4.78, 5) is 10.1. The second-order valence-corrected chi connectivity index (χ2v) is 5.34. The number of nitrogen functional groups attached to an aromatic ring is 1. The maximum Gasteiger partial charge on any atom is 0.271 e. The van der Waals surface area contributed by atoms with Crippen molar-refractivity contribution < 1.29 is 10.0 Å². The molecule has 0 atom stereocenters. The SMILES string of the molecule is CC(C)(O)C(C)(C)Nc1ccc([N+](=O)[O-])cc1N. The molecule has 0 saturated carbocycles. The standard InChI is InChI=1S/C12H19N3O3/c1-11(2,12(3,4)16)14-10-6-5-8(15(17)18)7-9(10)13/h5-7,14,16H,13H2,1-4H3. The summed E-state index contributed by atoms with van der Waals surface area (Å²) < 4.78 is 0. The predicted octanol–water partition coefficient (Wildman–Crippen LogP) is 2.14. The van der Waals surface area contributed by atoms with Gasteiger partial charge in [0.1, 0.15) is 0 Å². The van der Waals surface area contributed by atoms with Crippen LogP contribution in [-0.2, 0) is 0 Å². The normalized spacial score (nSPS) is 12.3. The van der Waals surface area contributed by atoms with Crippen LogP contribution in [0.4, 0.5) is 17.1 Å². The number of anilines is 2. The fourth-order valence-corrected chi connectivity index (χ4v) is 1.27. The molecule has 100 valence electrons. The van der Waals surface area contributed by atoms with Crippen molar-refractivity contribution >= 4 is 17.1 Å². The van der Waals surface area contributed by atoms with E-state index in [1.165, 1.54) is 12.1 Å². The lowest BCUT2D eigenvalue weighted by Crippen LogP contribution is -2.51. The molecule has 4 N–H and O–H groups in total. The van der Waals surface area contributed by atoms with Gasteiger partial charge >= 0.3 is 0 Å². The van der Waals surface area contributed by atoms with Crippen molar-refractivity contribution in [2.45, 2.75) is 38.8 Å². The van der Waals surface area contributed by atoms with Crippen LogP contribution in [0.3, 0.4) is 0 Å². The van der Waals surface area contributed by atoms with E-state index in [0.717, 1.165) is 0 Å². The lowest BCUT2D eigenvalue weighted by Gasteiger charge is -2.39. The van der Waals surface area contributed by atoms with E-state index in [-0.39, 0.29) is 11.4 Å². The molecule has 0 unspecified atom stereocenters. The third-order valence-corrected chi connectivity index (χ3v) is 3.22. The highest BCUT2D eigenvalue weighted by atomic mass is 16.6. The van der Waals surface area contributed by atoms with Crippen LogP contribution in [0.15, 0.2) is 18.2 Å². The molecule has 0 aliphatic rings. The zero-order valence-electron chi connectivity index (χ0n) is 11.0. The summed E-state index contributed by atoms with van der Waals surface area (Å²) in [6.07, 6.45) is 0. The minimum atomic E-state index is -0.971. The average molecular weight is 253 g/mol. The van der Waals surface area contributed by atoms with Crippen LogP contribution in [0.2, 0.25) is 0 Å². The highest BCUT2D eigenvalue weighted by Crippen LogP contribution is 2.30. The molecule has 0 heterocycles. The second kappa shape index (κ2) is 4.45. The Balaban J connectivity index is 3.03. The molecular weight excluding hydrogens is 234 g/mol. The third kappa shape index (κ3) is 2.89. The fourth-order valence-electron chi connectivity index (χ4n) is 1.27. The van der Waals surface area contributed by atoms with Crippen molar-refractivity contribution in [1.29, 1.82) is 0 Å². The van der Waals surface area contributed by atoms with Crippen molar-refractivity contribution in [3.8, 4) is 0 Å². The number of nitro groups is 1. The fraction of sp³-hybridized carbons (Fsp3) is 0.500. The van der Waals surface area contributed by atoms with Gasteiger partial charge in [-0.25, -0.2) is 0 Å². The Morgan fingerprint density at radius 1 is 1.33 bits per heavy atom. The summed E-state index contributed by atoms with van der Waals surface area (Å²) in [7, 11) is 0. The number of nitrogens with one attached hydrogen (secondary N) is 1. The van der Waals surface area contributed by atoms with Crippen molar-refractivity contribution in [2.24, 2.45) is 0 Å². The zero-order valence-corrected chi connectivity index (χ0v) is 11.0. The molecule has 0 saturated heterocycles. The maximum absolute atomic E-state index is 10.6. The van der Waals surface area contributed by atoms with Crippen molar-refractivity contribution in [2.75, 3.05) is 11.1 Å². The number of nitro benzene ring substituents is 1. The van der Waals surface area contributed by atoms with Gasteiger partial charge in [-0.15, -0.1) is 0 Å². The number of hydrogen-bond donors (Lipinski definition) is 3. The lowest BCUT2D eigenvalue weighted by atomic mass is 9.85. The van der Waals surface area contributed by atoms with Gasteiger partial charge in [-0.3, -0.25) is 10.1 Å². The Kier molecular flexibility index (Phi) is 3.52. The van der Waals surface area contributed by atoms with Gasteiger partial charge < -0.3 is 16.2 Å². The Hall–Kier alpha value is -1.82. The molecule has 18 heavy (non-hydrogen) atoms. The van der Waals surface area contributed by atoms with Crippen LogP contribution in [0, 0.1) is 10.1 Å². The van der Waals surface area contributed by atoms with E-state index in [4.69, 9.17) is 5.73 Å². The molecule has 0 amide bonds. The number of aliphatic hydroxyl groups is 1. The Morgan fingerprint density at radius 2 is 1.89 bits per heavy atom. The lowest BCUT2D eigenvalue weighted by molar-refractivity contribution is -0.384. The highest BCUT2D eigenvalue weighted by molar-refractivity contribution is 5.70. The van der Waals surface area contributed by atoms with E-state index in [2.05, 4.69) is 5.32 Å². The van der Waals surface area contributed by atoms with Gasteiger partial charge in [0.2, 0.25) is 0 Å². The summed E-state index contributed by atoms with van der Waals surface area (Å²) >= 11 is 0. The molecule has 0 aliphatic heterocycles. The Labute approximate surface area is 106 Å². The van der Waals surface area contributed by atoms with Gasteiger partial charge in [-0.05, 0) is 33.8 Å². The first-order valence-electron chi connectivity index (χ1n) is 5.59. The van der Waals surface area contributed by atoms with E-state index in [0.29, 0.717) is 5.69 Å². The molecule has 0 spiro atoms. The average Bonchev–Trinajstić information content (AvgIpc) is 2.18. The van der Waals surface area contributed by atoms with E-state index < -0.39 is 16.1 Å². The Morgan fingerprint density at radius 3 is 2.28 bits per heavy atom. The molecule has 6 nitrogen and oxygen atoms in total. The van der Waals surface area contributed by atoms with Gasteiger partial charge in [0.25, 0.3) is 5.69 Å². The van der Waals surface area contributed by atoms with Gasteiger partial charge in [0.15, 0.2) is 0 Å². The van der Waals surface area contributed by atoms with Crippen molar-refractivity contribution in [3.63, 3.8) is 0 Å². The first-order valence-corrected chi connectivity index (χ1v) is 5.59. The number of non-ortho nitro benzene ring substituents is 1. The third-order valence-electron chi connectivity index (χ3n) is 3.22. The van der Waals surface area contributed by atoms with E-state index in [1.54, 1.807) is 19.9 Å². The molecule has 1 aromatic rings. The van der Waals surface area contributed by atoms with Gasteiger partial charge in [0, 0.05) is 12.1 Å². The number of nitrogens with two attached hydrogens (primary N) is 1. The molecular formula is C12H19N3O3. The quantitative estimate of drug-likeness (QED) is 0.433. The smallest absolute Gasteiger partial charge is 0.271 e.